The normalized spacial score (nSPS) is 12.3. The number of aliphatic carboxylic acids is 1. The number of ether oxygens (including phenoxy) is 1. The molecule has 0 spiro atoms. The molecular weight excluding hydrogens is 290 g/mol. The first-order chi connectivity index (χ1) is 10.0. The number of carbonyl (C=O) groups is 2. The number of amides is 1. The van der Waals surface area contributed by atoms with E-state index in [0.29, 0.717) is 5.56 Å². The molecule has 6 heteroatoms. The SMILES string of the molecule is COCCC(NC(=O)c1csc2cc(C)ccc12)C(=O)O. The van der Waals surface area contributed by atoms with Gasteiger partial charge in [-0.2, -0.15) is 0 Å². The minimum atomic E-state index is -1.06. The van der Waals surface area contributed by atoms with E-state index in [1.165, 1.54) is 18.4 Å². The van der Waals surface area contributed by atoms with Crippen LogP contribution in [0.3, 0.4) is 0 Å². The van der Waals surface area contributed by atoms with Crippen LogP contribution in [0.1, 0.15) is 22.3 Å². The molecular formula is C15H17NO4S. The maximum atomic E-state index is 12.3. The lowest BCUT2D eigenvalue weighted by molar-refractivity contribution is -0.139. The standard InChI is InChI=1S/C15H17NO4S/c1-9-3-4-10-11(8-21-13(10)7-9)14(17)16-12(15(18)19)5-6-20-2/h3-4,7-8,12H,5-6H2,1-2H3,(H,16,17)(H,18,19). The quantitative estimate of drug-likeness (QED) is 0.859. The second kappa shape index (κ2) is 6.69. The molecule has 0 fully saturated rings. The molecule has 0 bridgehead atoms. The molecule has 1 aromatic heterocycles. The fourth-order valence-corrected chi connectivity index (χ4v) is 3.08. The number of carbonyl (C=O) groups excluding carboxylic acids is 1. The predicted molar refractivity (Wildman–Crippen MR) is 81.9 cm³/mol. The third kappa shape index (κ3) is 3.59. The second-order valence-electron chi connectivity index (χ2n) is 4.79. The van der Waals surface area contributed by atoms with E-state index in [2.05, 4.69) is 5.32 Å². The number of fused-ring (bicyclic) bond motifs is 1. The molecule has 0 aliphatic rings. The van der Waals surface area contributed by atoms with Gasteiger partial charge in [-0.15, -0.1) is 11.3 Å². The van der Waals surface area contributed by atoms with Crippen LogP contribution < -0.4 is 5.32 Å². The van der Waals surface area contributed by atoms with Gasteiger partial charge >= 0.3 is 5.97 Å². The summed E-state index contributed by atoms with van der Waals surface area (Å²) in [6, 6.07) is 4.89. The van der Waals surface area contributed by atoms with E-state index in [0.717, 1.165) is 15.6 Å². The monoisotopic (exact) mass is 307 g/mol. The van der Waals surface area contributed by atoms with Crippen LogP contribution in [-0.4, -0.2) is 36.7 Å². The number of thiophene rings is 1. The zero-order valence-corrected chi connectivity index (χ0v) is 12.7. The molecule has 1 amide bonds. The Morgan fingerprint density at radius 3 is 2.86 bits per heavy atom. The Balaban J connectivity index is 2.19. The van der Waals surface area contributed by atoms with Crippen LogP contribution >= 0.6 is 11.3 Å². The van der Waals surface area contributed by atoms with Gasteiger partial charge in [0.15, 0.2) is 0 Å². The number of nitrogens with one attached hydrogen (secondary N) is 1. The van der Waals surface area contributed by atoms with Gasteiger partial charge in [-0.3, -0.25) is 4.79 Å². The Bertz CT molecular complexity index is 665. The van der Waals surface area contributed by atoms with Crippen molar-refractivity contribution >= 4 is 33.3 Å². The van der Waals surface area contributed by atoms with Gasteiger partial charge in [0, 0.05) is 35.6 Å². The topological polar surface area (TPSA) is 75.6 Å². The summed E-state index contributed by atoms with van der Waals surface area (Å²) < 4.78 is 5.88. The first kappa shape index (κ1) is 15.5. The molecule has 0 saturated heterocycles. The molecule has 1 unspecified atom stereocenters. The molecule has 0 saturated carbocycles. The van der Waals surface area contributed by atoms with Crippen molar-refractivity contribution < 1.29 is 19.4 Å². The van der Waals surface area contributed by atoms with Gasteiger partial charge in [-0.25, -0.2) is 4.79 Å². The number of carboxylic acid groups (broad SMARTS) is 1. The van der Waals surface area contributed by atoms with Gasteiger partial charge < -0.3 is 15.2 Å². The minimum absolute atomic E-state index is 0.235. The number of methoxy groups -OCH3 is 1. The summed E-state index contributed by atoms with van der Waals surface area (Å²) in [5, 5.41) is 14.3. The maximum absolute atomic E-state index is 12.3. The van der Waals surface area contributed by atoms with Gasteiger partial charge in [-0.05, 0) is 18.6 Å². The summed E-state index contributed by atoms with van der Waals surface area (Å²) in [6.45, 7) is 2.27. The lowest BCUT2D eigenvalue weighted by Gasteiger charge is -2.13. The van der Waals surface area contributed by atoms with Crippen molar-refractivity contribution in [1.82, 2.24) is 5.32 Å². The Labute approximate surface area is 126 Å². The molecule has 0 radical (unpaired) electrons. The number of carboxylic acids is 1. The average molecular weight is 307 g/mol. The molecule has 0 aliphatic carbocycles. The van der Waals surface area contributed by atoms with Crippen LogP contribution in [-0.2, 0) is 9.53 Å². The van der Waals surface area contributed by atoms with Gasteiger partial charge in [0.25, 0.3) is 5.91 Å². The van der Waals surface area contributed by atoms with E-state index >= 15 is 0 Å². The summed E-state index contributed by atoms with van der Waals surface area (Å²) in [5.74, 6) is -1.43. The molecule has 1 aromatic carbocycles. The Hall–Kier alpha value is -1.92. The van der Waals surface area contributed by atoms with Crippen LogP contribution in [0.2, 0.25) is 0 Å². The number of hydrogen-bond donors (Lipinski definition) is 2. The van der Waals surface area contributed by atoms with Crippen LogP contribution in [0.15, 0.2) is 23.6 Å². The Kier molecular flexibility index (Phi) is 4.93. The van der Waals surface area contributed by atoms with Crippen LogP contribution in [0.4, 0.5) is 0 Å². The van der Waals surface area contributed by atoms with E-state index in [9.17, 15) is 9.59 Å². The Morgan fingerprint density at radius 1 is 1.43 bits per heavy atom. The minimum Gasteiger partial charge on any atom is -0.480 e. The molecule has 2 N–H and O–H groups in total. The van der Waals surface area contributed by atoms with E-state index < -0.39 is 12.0 Å². The summed E-state index contributed by atoms with van der Waals surface area (Å²) >= 11 is 1.48. The molecule has 2 rings (SSSR count). The number of rotatable bonds is 6. The lowest BCUT2D eigenvalue weighted by atomic mass is 10.1. The van der Waals surface area contributed by atoms with E-state index in [-0.39, 0.29) is 18.9 Å². The largest absolute Gasteiger partial charge is 0.480 e. The van der Waals surface area contributed by atoms with Crippen molar-refractivity contribution in [1.29, 1.82) is 0 Å². The zero-order valence-electron chi connectivity index (χ0n) is 11.9. The summed E-state index contributed by atoms with van der Waals surface area (Å²) in [7, 11) is 1.50. The summed E-state index contributed by atoms with van der Waals surface area (Å²) in [5.41, 5.74) is 1.64. The fourth-order valence-electron chi connectivity index (χ4n) is 2.04. The van der Waals surface area contributed by atoms with E-state index in [1.54, 1.807) is 5.38 Å². The fraction of sp³-hybridized carbons (Fsp3) is 0.333. The van der Waals surface area contributed by atoms with E-state index in [1.807, 2.05) is 25.1 Å². The third-order valence-electron chi connectivity index (χ3n) is 3.19. The zero-order chi connectivity index (χ0) is 15.4. The van der Waals surface area contributed by atoms with Gasteiger partial charge in [0.05, 0.1) is 5.56 Å². The predicted octanol–water partition coefficient (Wildman–Crippen LogP) is 2.43. The number of aryl methyl sites for hydroxylation is 1. The maximum Gasteiger partial charge on any atom is 0.326 e. The van der Waals surface area contributed by atoms with Crippen LogP contribution in [0.25, 0.3) is 10.1 Å². The third-order valence-corrected chi connectivity index (χ3v) is 4.13. The highest BCUT2D eigenvalue weighted by Crippen LogP contribution is 2.26. The highest BCUT2D eigenvalue weighted by Gasteiger charge is 2.21. The van der Waals surface area contributed by atoms with Crippen LogP contribution in [0.5, 0.6) is 0 Å². The van der Waals surface area contributed by atoms with Gasteiger partial charge in [0.1, 0.15) is 6.04 Å². The molecule has 2 aromatic rings. The lowest BCUT2D eigenvalue weighted by Crippen LogP contribution is -2.41. The first-order valence-corrected chi connectivity index (χ1v) is 7.41. The second-order valence-corrected chi connectivity index (χ2v) is 5.71. The molecule has 1 heterocycles. The Morgan fingerprint density at radius 2 is 2.19 bits per heavy atom. The molecule has 5 nitrogen and oxygen atoms in total. The van der Waals surface area contributed by atoms with Crippen molar-refractivity contribution in [3.8, 4) is 0 Å². The van der Waals surface area contributed by atoms with Crippen molar-refractivity contribution in [3.63, 3.8) is 0 Å². The summed E-state index contributed by atoms with van der Waals surface area (Å²) in [4.78, 5) is 23.4. The highest BCUT2D eigenvalue weighted by molar-refractivity contribution is 7.17. The molecule has 0 aliphatic heterocycles. The highest BCUT2D eigenvalue weighted by atomic mass is 32.1. The van der Waals surface area contributed by atoms with Crippen molar-refractivity contribution in [2.75, 3.05) is 13.7 Å². The van der Waals surface area contributed by atoms with E-state index in [4.69, 9.17) is 9.84 Å². The first-order valence-electron chi connectivity index (χ1n) is 6.53. The van der Waals surface area contributed by atoms with Gasteiger partial charge in [0.2, 0.25) is 0 Å². The summed E-state index contributed by atoms with van der Waals surface area (Å²) in [6.07, 6.45) is 0.235. The van der Waals surface area contributed by atoms with Crippen molar-refractivity contribution in [2.24, 2.45) is 0 Å². The van der Waals surface area contributed by atoms with Crippen molar-refractivity contribution in [2.45, 2.75) is 19.4 Å². The number of hydrogen-bond acceptors (Lipinski definition) is 4. The number of benzene rings is 1. The molecule has 112 valence electrons. The average Bonchev–Trinajstić information content (AvgIpc) is 2.85. The van der Waals surface area contributed by atoms with Crippen LogP contribution in [0, 0.1) is 6.92 Å². The van der Waals surface area contributed by atoms with Crippen molar-refractivity contribution in [3.05, 3.63) is 34.7 Å². The molecule has 1 atom stereocenters. The molecule has 21 heavy (non-hydrogen) atoms. The van der Waals surface area contributed by atoms with Gasteiger partial charge in [-0.1, -0.05) is 12.1 Å². The smallest absolute Gasteiger partial charge is 0.326 e.